The van der Waals surface area contributed by atoms with E-state index in [1.54, 1.807) is 30.5 Å². The van der Waals surface area contributed by atoms with Gasteiger partial charge in [-0.05, 0) is 39.0 Å². The number of para-hydroxylation sites is 1. The molecule has 0 spiro atoms. The monoisotopic (exact) mass is 444 g/mol. The lowest BCUT2D eigenvalue weighted by molar-refractivity contribution is 0.101. The lowest BCUT2D eigenvalue weighted by atomic mass is 10.1. The van der Waals surface area contributed by atoms with E-state index in [0.717, 1.165) is 0 Å². The van der Waals surface area contributed by atoms with Crippen molar-refractivity contribution in [3.63, 3.8) is 0 Å². The van der Waals surface area contributed by atoms with E-state index < -0.39 is 5.91 Å². The highest BCUT2D eigenvalue weighted by atomic mass is 35.5. The second-order valence-electron chi connectivity index (χ2n) is 8.15. The lowest BCUT2D eigenvalue weighted by Crippen LogP contribution is -2.25. The first-order valence-electron chi connectivity index (χ1n) is 9.38. The third-order valence-electron chi connectivity index (χ3n) is 4.41. The minimum atomic E-state index is -0.494. The van der Waals surface area contributed by atoms with Gasteiger partial charge < -0.3 is 9.88 Å². The lowest BCUT2D eigenvalue weighted by Gasteiger charge is -2.24. The number of hydrogen-bond acceptors (Lipinski definition) is 4. The molecule has 0 radical (unpaired) electrons. The van der Waals surface area contributed by atoms with Crippen LogP contribution in [0.25, 0.3) is 5.69 Å². The van der Waals surface area contributed by atoms with Crippen LogP contribution in [0.5, 0.6) is 0 Å². The minimum absolute atomic E-state index is 0.0187. The summed E-state index contributed by atoms with van der Waals surface area (Å²) in [6.45, 7) is 9.82. The third kappa shape index (κ3) is 4.20. The largest absolute Gasteiger partial charge is 0.328 e. The normalized spacial score (nSPS) is 11.6. The Morgan fingerprint density at radius 2 is 1.87 bits per heavy atom. The zero-order valence-corrected chi connectivity index (χ0v) is 18.9. The zero-order valence-electron chi connectivity index (χ0n) is 17.4. The molecular formula is C21H22Cl2N6O. The molecule has 2 heterocycles. The van der Waals surface area contributed by atoms with Crippen LogP contribution in [0.2, 0.25) is 10.0 Å². The van der Waals surface area contributed by atoms with Gasteiger partial charge in [0.05, 0.1) is 15.6 Å². The van der Waals surface area contributed by atoms with Crippen LogP contribution < -0.4 is 5.32 Å². The molecule has 9 heteroatoms. The Morgan fingerprint density at radius 1 is 1.23 bits per heavy atom. The molecule has 7 nitrogen and oxygen atoms in total. The maximum atomic E-state index is 13.0. The topological polar surface area (TPSA) is 88.5 Å². The quantitative estimate of drug-likeness (QED) is 0.584. The molecule has 1 N–H and O–H groups in total. The third-order valence-corrected chi connectivity index (χ3v) is 5.02. The van der Waals surface area contributed by atoms with Crippen molar-refractivity contribution in [1.29, 1.82) is 5.26 Å². The molecule has 0 bridgehead atoms. The van der Waals surface area contributed by atoms with Crippen LogP contribution >= 0.6 is 23.2 Å². The molecule has 1 aromatic carbocycles. The average molecular weight is 445 g/mol. The highest BCUT2D eigenvalue weighted by Gasteiger charge is 2.24. The second kappa shape index (κ2) is 8.13. The minimum Gasteiger partial charge on any atom is -0.328 e. The average Bonchev–Trinajstić information content (AvgIpc) is 3.26. The number of carbonyl (C=O) groups excluding carboxylic acids is 1. The predicted octanol–water partition coefficient (Wildman–Crippen LogP) is 5.38. The Bertz CT molecular complexity index is 1130. The van der Waals surface area contributed by atoms with Crippen LogP contribution in [0.3, 0.4) is 0 Å². The van der Waals surface area contributed by atoms with E-state index in [2.05, 4.69) is 21.5 Å². The molecule has 2 aromatic heterocycles. The number of amides is 1. The fraction of sp³-hybridized carbons (Fsp3) is 0.333. The summed E-state index contributed by atoms with van der Waals surface area (Å²) in [6, 6.07) is 8.86. The molecule has 0 saturated carbocycles. The SMILES string of the molecule is CC(C)c1nc(C(=O)Nc2cc(C#N)cn2C(C)(C)C)nn1-c1c(Cl)cccc1Cl. The molecule has 0 saturated heterocycles. The summed E-state index contributed by atoms with van der Waals surface area (Å²) in [7, 11) is 0. The highest BCUT2D eigenvalue weighted by molar-refractivity contribution is 6.37. The number of nitrogens with one attached hydrogen (secondary N) is 1. The molecule has 0 atom stereocenters. The van der Waals surface area contributed by atoms with Crippen LogP contribution in [0.4, 0.5) is 5.82 Å². The first kappa shape index (κ1) is 21.9. The number of nitriles is 1. The highest BCUT2D eigenvalue weighted by Crippen LogP contribution is 2.30. The number of hydrogen-bond donors (Lipinski definition) is 1. The van der Waals surface area contributed by atoms with E-state index >= 15 is 0 Å². The van der Waals surface area contributed by atoms with Gasteiger partial charge in [0.25, 0.3) is 5.91 Å². The van der Waals surface area contributed by atoms with Gasteiger partial charge in [0.2, 0.25) is 5.82 Å². The Kier molecular flexibility index (Phi) is 5.93. The fourth-order valence-electron chi connectivity index (χ4n) is 3.00. The van der Waals surface area contributed by atoms with Crippen LogP contribution in [0, 0.1) is 11.3 Å². The molecule has 30 heavy (non-hydrogen) atoms. The van der Waals surface area contributed by atoms with E-state index in [4.69, 9.17) is 23.2 Å². The molecule has 0 fully saturated rings. The summed E-state index contributed by atoms with van der Waals surface area (Å²) in [5, 5.41) is 17.3. The molecule has 3 aromatic rings. The van der Waals surface area contributed by atoms with Crippen LogP contribution in [0.1, 0.15) is 62.5 Å². The molecule has 3 rings (SSSR count). The van der Waals surface area contributed by atoms with Gasteiger partial charge >= 0.3 is 0 Å². The number of anilines is 1. The molecule has 156 valence electrons. The summed E-state index contributed by atoms with van der Waals surface area (Å²) in [5.41, 5.74) is 0.587. The van der Waals surface area contributed by atoms with Crippen molar-refractivity contribution in [2.45, 2.75) is 46.1 Å². The summed E-state index contributed by atoms with van der Waals surface area (Å²) >= 11 is 12.7. The Hall–Kier alpha value is -2.82. The van der Waals surface area contributed by atoms with Crippen molar-refractivity contribution in [2.75, 3.05) is 5.32 Å². The van der Waals surface area contributed by atoms with E-state index in [1.165, 1.54) is 4.68 Å². The van der Waals surface area contributed by atoms with Gasteiger partial charge in [0.1, 0.15) is 23.4 Å². The number of benzene rings is 1. The number of nitrogens with zero attached hydrogens (tertiary/aromatic N) is 5. The summed E-state index contributed by atoms with van der Waals surface area (Å²) in [5.74, 6) is 0.498. The van der Waals surface area contributed by atoms with Gasteiger partial charge in [-0.2, -0.15) is 5.26 Å². The van der Waals surface area contributed by atoms with Crippen LogP contribution in [-0.2, 0) is 5.54 Å². The summed E-state index contributed by atoms with van der Waals surface area (Å²) in [6.07, 6.45) is 1.70. The van der Waals surface area contributed by atoms with Crippen molar-refractivity contribution >= 4 is 34.9 Å². The predicted molar refractivity (Wildman–Crippen MR) is 118 cm³/mol. The summed E-state index contributed by atoms with van der Waals surface area (Å²) in [4.78, 5) is 17.4. The van der Waals surface area contributed by atoms with Gasteiger partial charge in [0, 0.05) is 17.7 Å². The Labute approximate surface area is 185 Å². The molecule has 0 aliphatic heterocycles. The summed E-state index contributed by atoms with van der Waals surface area (Å²) < 4.78 is 3.34. The Morgan fingerprint density at radius 3 is 2.40 bits per heavy atom. The van der Waals surface area contributed by atoms with Crippen molar-refractivity contribution in [3.05, 3.63) is 57.7 Å². The van der Waals surface area contributed by atoms with E-state index in [0.29, 0.717) is 32.9 Å². The van der Waals surface area contributed by atoms with Crippen molar-refractivity contribution in [2.24, 2.45) is 0 Å². The molecule has 0 aliphatic rings. The molecule has 0 aliphatic carbocycles. The number of rotatable bonds is 4. The van der Waals surface area contributed by atoms with Gasteiger partial charge in [0.15, 0.2) is 0 Å². The van der Waals surface area contributed by atoms with Crippen molar-refractivity contribution in [1.82, 2.24) is 19.3 Å². The molecular weight excluding hydrogens is 423 g/mol. The first-order valence-corrected chi connectivity index (χ1v) is 10.1. The van der Waals surface area contributed by atoms with E-state index in [-0.39, 0.29) is 17.3 Å². The molecule has 0 unspecified atom stereocenters. The number of aromatic nitrogens is 4. The maximum absolute atomic E-state index is 13.0. The standard InChI is InChI=1S/C21H22Cl2N6O/c1-12(2)19-26-18(27-29(19)17-14(22)7-6-8-15(17)23)20(30)25-16-9-13(10-24)11-28(16)21(3,4)5/h6-9,11-12H,1-5H3,(H,25,30). The van der Waals surface area contributed by atoms with Crippen LogP contribution in [0.15, 0.2) is 30.5 Å². The fourth-order valence-corrected chi connectivity index (χ4v) is 3.55. The van der Waals surface area contributed by atoms with E-state index in [9.17, 15) is 10.1 Å². The Balaban J connectivity index is 2.03. The van der Waals surface area contributed by atoms with E-state index in [1.807, 2.05) is 39.2 Å². The maximum Gasteiger partial charge on any atom is 0.296 e. The first-order chi connectivity index (χ1) is 14.0. The zero-order chi connectivity index (χ0) is 22.2. The van der Waals surface area contributed by atoms with Crippen LogP contribution in [-0.4, -0.2) is 25.2 Å². The van der Waals surface area contributed by atoms with Gasteiger partial charge in [-0.3, -0.25) is 4.79 Å². The van der Waals surface area contributed by atoms with Crippen molar-refractivity contribution < 1.29 is 4.79 Å². The van der Waals surface area contributed by atoms with Gasteiger partial charge in [-0.25, -0.2) is 9.67 Å². The van der Waals surface area contributed by atoms with Gasteiger partial charge in [-0.1, -0.05) is 43.1 Å². The van der Waals surface area contributed by atoms with Crippen molar-refractivity contribution in [3.8, 4) is 11.8 Å². The second-order valence-corrected chi connectivity index (χ2v) is 8.97. The smallest absolute Gasteiger partial charge is 0.296 e. The number of carbonyl (C=O) groups is 1. The number of halogens is 2. The van der Waals surface area contributed by atoms with Gasteiger partial charge in [-0.15, -0.1) is 5.10 Å². The molecule has 1 amide bonds.